The Morgan fingerprint density at radius 2 is 2.15 bits per heavy atom. The molecule has 2 unspecified atom stereocenters. The van der Waals surface area contributed by atoms with Gasteiger partial charge in [-0.05, 0) is 13.3 Å². The number of nitrogens with two attached hydrogens (primary N) is 1. The number of alkyl halides is 3. The minimum absolute atomic E-state index is 0. The highest BCUT2D eigenvalue weighted by Gasteiger charge is 2.40. The standard InChI is InChI=1S/C11H18F3N3O2.ClH/c1-7(15)2-3-16-10(19)8-4-9(18)17(5-8)6-11(12,13)14;/h7-8H,2-6,15H2,1H3,(H,16,19);1H. The van der Waals surface area contributed by atoms with Gasteiger partial charge in [0, 0.05) is 25.6 Å². The van der Waals surface area contributed by atoms with Gasteiger partial charge in [-0.25, -0.2) is 0 Å². The van der Waals surface area contributed by atoms with Crippen molar-refractivity contribution >= 4 is 24.2 Å². The Labute approximate surface area is 121 Å². The Morgan fingerprint density at radius 3 is 2.65 bits per heavy atom. The molecule has 1 heterocycles. The third-order valence-electron chi connectivity index (χ3n) is 2.85. The predicted molar refractivity (Wildman–Crippen MR) is 69.3 cm³/mol. The SMILES string of the molecule is CC(N)CCNC(=O)C1CC(=O)N(CC(F)(F)F)C1.Cl. The number of halogens is 4. The minimum Gasteiger partial charge on any atom is -0.356 e. The minimum atomic E-state index is -4.43. The van der Waals surface area contributed by atoms with Crippen LogP contribution in [0.2, 0.25) is 0 Å². The molecule has 1 aliphatic heterocycles. The van der Waals surface area contributed by atoms with Crippen LogP contribution < -0.4 is 11.1 Å². The zero-order chi connectivity index (χ0) is 14.6. The monoisotopic (exact) mass is 317 g/mol. The molecule has 0 spiro atoms. The summed E-state index contributed by atoms with van der Waals surface area (Å²) >= 11 is 0. The van der Waals surface area contributed by atoms with Gasteiger partial charge in [-0.2, -0.15) is 13.2 Å². The van der Waals surface area contributed by atoms with Crippen LogP contribution in [0.3, 0.4) is 0 Å². The number of amides is 2. The fourth-order valence-corrected chi connectivity index (χ4v) is 1.88. The Morgan fingerprint density at radius 1 is 1.55 bits per heavy atom. The highest BCUT2D eigenvalue weighted by Crippen LogP contribution is 2.23. The van der Waals surface area contributed by atoms with Crippen molar-refractivity contribution in [2.24, 2.45) is 11.7 Å². The number of nitrogens with one attached hydrogen (secondary N) is 1. The molecule has 118 valence electrons. The molecule has 0 saturated carbocycles. The molecule has 1 fully saturated rings. The lowest BCUT2D eigenvalue weighted by Crippen LogP contribution is -2.38. The molecule has 20 heavy (non-hydrogen) atoms. The number of hydrogen-bond donors (Lipinski definition) is 2. The van der Waals surface area contributed by atoms with E-state index in [0.717, 1.165) is 0 Å². The first kappa shape index (κ1) is 19.0. The van der Waals surface area contributed by atoms with Crippen LogP contribution in [0, 0.1) is 5.92 Å². The maximum atomic E-state index is 12.2. The summed E-state index contributed by atoms with van der Waals surface area (Å²) in [5.41, 5.74) is 5.51. The van der Waals surface area contributed by atoms with Gasteiger partial charge in [-0.15, -0.1) is 12.4 Å². The maximum Gasteiger partial charge on any atom is 0.406 e. The fraction of sp³-hybridized carbons (Fsp3) is 0.818. The number of hydrogen-bond acceptors (Lipinski definition) is 3. The topological polar surface area (TPSA) is 75.4 Å². The second-order valence-electron chi connectivity index (χ2n) is 4.85. The van der Waals surface area contributed by atoms with Crippen LogP contribution in [0.5, 0.6) is 0 Å². The summed E-state index contributed by atoms with van der Waals surface area (Å²) < 4.78 is 36.6. The molecular formula is C11H19ClF3N3O2. The Hall–Kier alpha value is -1.02. The first-order valence-corrected chi connectivity index (χ1v) is 6.07. The van der Waals surface area contributed by atoms with Gasteiger partial charge < -0.3 is 16.0 Å². The van der Waals surface area contributed by atoms with E-state index in [1.165, 1.54) is 0 Å². The number of carbonyl (C=O) groups is 2. The Balaban J connectivity index is 0.00000361. The molecule has 0 aromatic rings. The van der Waals surface area contributed by atoms with E-state index in [4.69, 9.17) is 5.73 Å². The summed E-state index contributed by atoms with van der Waals surface area (Å²) in [5.74, 6) is -1.73. The largest absolute Gasteiger partial charge is 0.406 e. The van der Waals surface area contributed by atoms with Gasteiger partial charge in [0.05, 0.1) is 5.92 Å². The fourth-order valence-electron chi connectivity index (χ4n) is 1.88. The molecule has 2 atom stereocenters. The van der Waals surface area contributed by atoms with Crippen LogP contribution in [0.4, 0.5) is 13.2 Å². The zero-order valence-corrected chi connectivity index (χ0v) is 11.9. The van der Waals surface area contributed by atoms with Crippen molar-refractivity contribution in [2.75, 3.05) is 19.6 Å². The molecule has 3 N–H and O–H groups in total. The molecule has 0 radical (unpaired) electrons. The number of carbonyl (C=O) groups excluding carboxylic acids is 2. The van der Waals surface area contributed by atoms with Crippen LogP contribution in [-0.2, 0) is 9.59 Å². The number of rotatable bonds is 5. The van der Waals surface area contributed by atoms with Crippen LogP contribution in [0.15, 0.2) is 0 Å². The lowest BCUT2D eigenvalue weighted by molar-refractivity contribution is -0.157. The highest BCUT2D eigenvalue weighted by atomic mass is 35.5. The van der Waals surface area contributed by atoms with Crippen molar-refractivity contribution < 1.29 is 22.8 Å². The molecule has 9 heteroatoms. The maximum absolute atomic E-state index is 12.2. The molecule has 1 aliphatic rings. The molecule has 0 bridgehead atoms. The van der Waals surface area contributed by atoms with Crippen LogP contribution in [0.25, 0.3) is 0 Å². The molecule has 1 saturated heterocycles. The predicted octanol–water partition coefficient (Wildman–Crippen LogP) is 0.672. The molecule has 0 aromatic carbocycles. The Bertz CT molecular complexity index is 350. The lowest BCUT2D eigenvalue weighted by Gasteiger charge is -2.18. The molecule has 1 rings (SSSR count). The zero-order valence-electron chi connectivity index (χ0n) is 11.1. The van der Waals surface area contributed by atoms with Crippen LogP contribution in [0.1, 0.15) is 19.8 Å². The third kappa shape index (κ3) is 6.42. The van der Waals surface area contributed by atoms with Gasteiger partial charge in [0.1, 0.15) is 6.54 Å². The van der Waals surface area contributed by atoms with Gasteiger partial charge in [0.2, 0.25) is 11.8 Å². The quantitative estimate of drug-likeness (QED) is 0.782. The van der Waals surface area contributed by atoms with Gasteiger partial charge >= 0.3 is 6.18 Å². The average molecular weight is 318 g/mol. The van der Waals surface area contributed by atoms with Crippen molar-refractivity contribution in [1.29, 1.82) is 0 Å². The van der Waals surface area contributed by atoms with Crippen molar-refractivity contribution in [1.82, 2.24) is 10.2 Å². The highest BCUT2D eigenvalue weighted by molar-refractivity contribution is 5.89. The first-order valence-electron chi connectivity index (χ1n) is 6.07. The van der Waals surface area contributed by atoms with E-state index in [1.807, 2.05) is 0 Å². The second kappa shape index (κ2) is 7.68. The van der Waals surface area contributed by atoms with E-state index in [2.05, 4.69) is 5.32 Å². The summed E-state index contributed by atoms with van der Waals surface area (Å²) in [6, 6.07) is -0.0627. The van der Waals surface area contributed by atoms with Crippen molar-refractivity contribution in [2.45, 2.75) is 32.0 Å². The van der Waals surface area contributed by atoms with Gasteiger partial charge in [0.15, 0.2) is 0 Å². The van der Waals surface area contributed by atoms with Gasteiger partial charge in [0.25, 0.3) is 0 Å². The van der Waals surface area contributed by atoms with Crippen molar-refractivity contribution in [3.63, 3.8) is 0 Å². The summed E-state index contributed by atoms with van der Waals surface area (Å²) in [6.45, 7) is 0.675. The number of likely N-dealkylation sites (tertiary alicyclic amines) is 1. The van der Waals surface area contributed by atoms with E-state index in [9.17, 15) is 22.8 Å². The smallest absolute Gasteiger partial charge is 0.356 e. The molecule has 0 aliphatic carbocycles. The lowest BCUT2D eigenvalue weighted by atomic mass is 10.1. The number of nitrogens with zero attached hydrogens (tertiary/aromatic N) is 1. The van der Waals surface area contributed by atoms with E-state index in [1.54, 1.807) is 6.92 Å². The van der Waals surface area contributed by atoms with Gasteiger partial charge in [-0.1, -0.05) is 0 Å². The van der Waals surface area contributed by atoms with E-state index >= 15 is 0 Å². The summed E-state index contributed by atoms with van der Waals surface area (Å²) in [6.07, 6.45) is -4.02. The molecule has 2 amide bonds. The molecule has 0 aromatic heterocycles. The third-order valence-corrected chi connectivity index (χ3v) is 2.85. The summed E-state index contributed by atoms with van der Waals surface area (Å²) in [5, 5.41) is 2.58. The Kier molecular flexibility index (Phi) is 7.29. The molecule has 5 nitrogen and oxygen atoms in total. The summed E-state index contributed by atoms with van der Waals surface area (Å²) in [7, 11) is 0. The van der Waals surface area contributed by atoms with Crippen molar-refractivity contribution in [3.8, 4) is 0 Å². The van der Waals surface area contributed by atoms with Gasteiger partial charge in [-0.3, -0.25) is 9.59 Å². The van der Waals surface area contributed by atoms with Crippen LogP contribution in [-0.4, -0.2) is 48.6 Å². The van der Waals surface area contributed by atoms with Crippen molar-refractivity contribution in [3.05, 3.63) is 0 Å². The van der Waals surface area contributed by atoms with E-state index in [0.29, 0.717) is 17.9 Å². The van der Waals surface area contributed by atoms with E-state index in [-0.39, 0.29) is 31.4 Å². The summed E-state index contributed by atoms with van der Waals surface area (Å²) in [4.78, 5) is 23.7. The van der Waals surface area contributed by atoms with Crippen LogP contribution >= 0.6 is 12.4 Å². The normalized spacial score (nSPS) is 20.6. The second-order valence-corrected chi connectivity index (χ2v) is 4.85. The molecular weight excluding hydrogens is 299 g/mol. The average Bonchev–Trinajstić information content (AvgIpc) is 2.57. The first-order chi connectivity index (χ1) is 8.69. The van der Waals surface area contributed by atoms with E-state index < -0.39 is 30.5 Å².